The van der Waals surface area contributed by atoms with Gasteiger partial charge in [-0.05, 0) is 43.3 Å². The number of sulfone groups is 1. The Morgan fingerprint density at radius 3 is 2.23 bits per heavy atom. The summed E-state index contributed by atoms with van der Waals surface area (Å²) in [5.41, 5.74) is -0.756. The standard InChI is InChI=1S/C17H14N2O9S2/c1-9-6-16(21)19(18-9)13-8-11(30(26,27)28)3-5-15(13)29(24,25)10-2-4-14(20)12(7-10)17(22)23/h2-5,7-8,20H,6H2,1H3,(H,22,23)(H,26,27,28). The smallest absolute Gasteiger partial charge is 0.339 e. The second kappa shape index (κ2) is 7.19. The number of carbonyl (C=O) groups excluding carboxylic acids is 1. The topological polar surface area (TPSA) is 179 Å². The monoisotopic (exact) mass is 454 g/mol. The lowest BCUT2D eigenvalue weighted by molar-refractivity contribution is -0.116. The molecule has 0 aliphatic carbocycles. The summed E-state index contributed by atoms with van der Waals surface area (Å²) in [4.78, 5) is 21.7. The van der Waals surface area contributed by atoms with Gasteiger partial charge in [0.25, 0.3) is 16.0 Å². The summed E-state index contributed by atoms with van der Waals surface area (Å²) in [6.45, 7) is 1.51. The molecule has 30 heavy (non-hydrogen) atoms. The highest BCUT2D eigenvalue weighted by atomic mass is 32.2. The van der Waals surface area contributed by atoms with Gasteiger partial charge in [0.2, 0.25) is 9.84 Å². The zero-order valence-corrected chi connectivity index (χ0v) is 16.8. The van der Waals surface area contributed by atoms with Crippen molar-refractivity contribution in [3.8, 4) is 5.75 Å². The van der Waals surface area contributed by atoms with E-state index in [1.54, 1.807) is 0 Å². The molecule has 0 fully saturated rings. The number of rotatable bonds is 5. The molecule has 3 rings (SSSR count). The van der Waals surface area contributed by atoms with E-state index in [4.69, 9.17) is 5.11 Å². The number of anilines is 1. The highest BCUT2D eigenvalue weighted by Crippen LogP contribution is 2.35. The minimum Gasteiger partial charge on any atom is -0.507 e. The highest BCUT2D eigenvalue weighted by molar-refractivity contribution is 7.91. The summed E-state index contributed by atoms with van der Waals surface area (Å²) >= 11 is 0. The minimum absolute atomic E-state index is 0.127. The molecule has 11 nitrogen and oxygen atoms in total. The van der Waals surface area contributed by atoms with Crippen LogP contribution in [0, 0.1) is 0 Å². The van der Waals surface area contributed by atoms with E-state index >= 15 is 0 Å². The number of aromatic hydroxyl groups is 1. The summed E-state index contributed by atoms with van der Waals surface area (Å²) in [7, 11) is -9.23. The van der Waals surface area contributed by atoms with Crippen molar-refractivity contribution in [1.29, 1.82) is 0 Å². The number of carboxylic acid groups (broad SMARTS) is 1. The van der Waals surface area contributed by atoms with E-state index in [0.29, 0.717) is 10.7 Å². The molecule has 1 heterocycles. The molecule has 0 saturated heterocycles. The van der Waals surface area contributed by atoms with Gasteiger partial charge < -0.3 is 10.2 Å². The predicted octanol–water partition coefficient (Wildman–Crippen LogP) is 1.28. The molecular weight excluding hydrogens is 440 g/mol. The number of carbonyl (C=O) groups is 2. The van der Waals surface area contributed by atoms with Gasteiger partial charge in [-0.15, -0.1) is 0 Å². The molecule has 1 aliphatic heterocycles. The van der Waals surface area contributed by atoms with Gasteiger partial charge in [0.05, 0.1) is 26.8 Å². The SMILES string of the molecule is CC1=NN(c2cc(S(=O)(=O)O)ccc2S(=O)(=O)c2ccc(O)c(C(=O)O)c2)C(=O)C1. The Bertz CT molecular complexity index is 1330. The van der Waals surface area contributed by atoms with Crippen LogP contribution in [0.1, 0.15) is 23.7 Å². The molecule has 0 spiro atoms. The molecule has 0 saturated carbocycles. The van der Waals surface area contributed by atoms with Gasteiger partial charge in [0.15, 0.2) is 0 Å². The van der Waals surface area contributed by atoms with Crippen LogP contribution in [-0.2, 0) is 24.7 Å². The van der Waals surface area contributed by atoms with Crippen molar-refractivity contribution >= 4 is 43.2 Å². The Kier molecular flexibility index (Phi) is 5.14. The van der Waals surface area contributed by atoms with Crippen molar-refractivity contribution in [2.24, 2.45) is 5.10 Å². The number of phenols is 1. The van der Waals surface area contributed by atoms with E-state index in [1.165, 1.54) is 6.92 Å². The van der Waals surface area contributed by atoms with E-state index in [1.807, 2.05) is 0 Å². The molecule has 0 atom stereocenters. The molecule has 0 radical (unpaired) electrons. The minimum atomic E-state index is -4.73. The first-order valence-corrected chi connectivity index (χ1v) is 11.0. The van der Waals surface area contributed by atoms with E-state index in [-0.39, 0.29) is 6.42 Å². The van der Waals surface area contributed by atoms with Crippen LogP contribution in [0.15, 0.2) is 56.2 Å². The molecule has 2 aromatic carbocycles. The molecule has 1 aliphatic rings. The van der Waals surface area contributed by atoms with Crippen LogP contribution in [0.5, 0.6) is 5.75 Å². The number of aromatic carboxylic acids is 1. The normalized spacial score (nSPS) is 14.7. The Morgan fingerprint density at radius 1 is 1.07 bits per heavy atom. The maximum atomic E-state index is 13.2. The molecule has 1 amide bonds. The summed E-state index contributed by atoms with van der Waals surface area (Å²) in [6.07, 6.45) is -0.127. The fourth-order valence-corrected chi connectivity index (χ4v) is 4.72. The van der Waals surface area contributed by atoms with Crippen LogP contribution in [-0.4, -0.2) is 49.2 Å². The number of carboxylic acids is 1. The molecule has 3 N–H and O–H groups in total. The fourth-order valence-electron chi connectivity index (χ4n) is 2.77. The van der Waals surface area contributed by atoms with Crippen molar-refractivity contribution < 1.29 is 41.2 Å². The first-order chi connectivity index (χ1) is 13.8. The van der Waals surface area contributed by atoms with Crippen molar-refractivity contribution in [2.45, 2.75) is 28.0 Å². The van der Waals surface area contributed by atoms with E-state index in [0.717, 1.165) is 36.4 Å². The average molecular weight is 454 g/mol. The van der Waals surface area contributed by atoms with Crippen molar-refractivity contribution in [2.75, 3.05) is 5.01 Å². The number of hydrogen-bond donors (Lipinski definition) is 3. The van der Waals surface area contributed by atoms with Gasteiger partial charge in [-0.1, -0.05) is 0 Å². The number of nitrogens with zero attached hydrogens (tertiary/aromatic N) is 2. The van der Waals surface area contributed by atoms with E-state index in [9.17, 15) is 36.1 Å². The second-order valence-electron chi connectivity index (χ2n) is 6.31. The van der Waals surface area contributed by atoms with Crippen LogP contribution in [0.3, 0.4) is 0 Å². The third-order valence-corrected chi connectivity index (χ3v) is 6.82. The van der Waals surface area contributed by atoms with Gasteiger partial charge in [-0.2, -0.15) is 18.5 Å². The molecule has 2 aromatic rings. The van der Waals surface area contributed by atoms with Crippen molar-refractivity contribution in [3.63, 3.8) is 0 Å². The summed E-state index contributed by atoms with van der Waals surface area (Å²) in [5, 5.41) is 23.4. The molecule has 158 valence electrons. The molecule has 0 bridgehead atoms. The predicted molar refractivity (Wildman–Crippen MR) is 102 cm³/mol. The van der Waals surface area contributed by atoms with Gasteiger partial charge in [-0.3, -0.25) is 9.35 Å². The van der Waals surface area contributed by atoms with Crippen molar-refractivity contribution in [1.82, 2.24) is 0 Å². The maximum Gasteiger partial charge on any atom is 0.339 e. The summed E-state index contributed by atoms with van der Waals surface area (Å²) < 4.78 is 58.7. The largest absolute Gasteiger partial charge is 0.507 e. The Morgan fingerprint density at radius 2 is 1.70 bits per heavy atom. The molecular formula is C17H14N2O9S2. The molecule has 0 unspecified atom stereocenters. The summed E-state index contributed by atoms with van der Waals surface area (Å²) in [6, 6.07) is 5.02. The quantitative estimate of drug-likeness (QED) is 0.561. The fraction of sp³-hybridized carbons (Fsp3) is 0.118. The van der Waals surface area contributed by atoms with E-state index < -0.39 is 63.5 Å². The number of amides is 1. The maximum absolute atomic E-state index is 13.2. The summed E-state index contributed by atoms with van der Waals surface area (Å²) in [5.74, 6) is -2.85. The molecule has 0 aromatic heterocycles. The van der Waals surface area contributed by atoms with E-state index in [2.05, 4.69) is 5.10 Å². The Hall–Kier alpha value is -3.29. The Balaban J connectivity index is 2.28. The molecule has 13 heteroatoms. The zero-order valence-electron chi connectivity index (χ0n) is 15.2. The van der Waals surface area contributed by atoms with Gasteiger partial charge in [0, 0.05) is 5.71 Å². The van der Waals surface area contributed by atoms with Crippen molar-refractivity contribution in [3.05, 3.63) is 42.0 Å². The third kappa shape index (κ3) is 3.77. The first kappa shape index (κ1) is 21.4. The first-order valence-electron chi connectivity index (χ1n) is 8.12. The second-order valence-corrected chi connectivity index (χ2v) is 9.65. The van der Waals surface area contributed by atoms with Crippen LogP contribution in [0.2, 0.25) is 0 Å². The van der Waals surface area contributed by atoms with Gasteiger partial charge in [0.1, 0.15) is 11.3 Å². The third-order valence-electron chi connectivity index (χ3n) is 4.17. The number of hydrogen-bond acceptors (Lipinski definition) is 8. The van der Waals surface area contributed by atoms with Crippen LogP contribution >= 0.6 is 0 Å². The van der Waals surface area contributed by atoms with Crippen LogP contribution in [0.4, 0.5) is 5.69 Å². The lowest BCUT2D eigenvalue weighted by Crippen LogP contribution is -2.22. The van der Waals surface area contributed by atoms with Crippen LogP contribution in [0.25, 0.3) is 0 Å². The average Bonchev–Trinajstić information content (AvgIpc) is 2.98. The zero-order chi connectivity index (χ0) is 22.4. The van der Waals surface area contributed by atoms with Crippen LogP contribution < -0.4 is 5.01 Å². The van der Waals surface area contributed by atoms with Gasteiger partial charge >= 0.3 is 5.97 Å². The number of hydrazone groups is 1. The number of benzene rings is 2. The lowest BCUT2D eigenvalue weighted by atomic mass is 10.2. The Labute approximate surface area is 170 Å². The lowest BCUT2D eigenvalue weighted by Gasteiger charge is -2.18. The van der Waals surface area contributed by atoms with Gasteiger partial charge in [-0.25, -0.2) is 13.2 Å². The highest BCUT2D eigenvalue weighted by Gasteiger charge is 2.32.